The van der Waals surface area contributed by atoms with Crippen molar-refractivity contribution in [1.29, 1.82) is 0 Å². The molecule has 1 nitrogen and oxygen atoms in total. The highest BCUT2D eigenvalue weighted by Gasteiger charge is 2.42. The predicted molar refractivity (Wildman–Crippen MR) is 78.4 cm³/mol. The molecule has 0 N–H and O–H groups in total. The van der Waals surface area contributed by atoms with E-state index in [0.29, 0.717) is 0 Å². The zero-order valence-corrected chi connectivity index (χ0v) is 12.0. The van der Waals surface area contributed by atoms with Gasteiger partial charge < -0.3 is 4.74 Å². The number of benzene rings is 2. The highest BCUT2D eigenvalue weighted by atomic mass is 16.6. The molecule has 1 aliphatic rings. The van der Waals surface area contributed by atoms with Gasteiger partial charge in [-0.25, -0.2) is 0 Å². The van der Waals surface area contributed by atoms with E-state index in [9.17, 15) is 0 Å². The lowest BCUT2D eigenvalue weighted by Gasteiger charge is -2.06. The highest BCUT2D eigenvalue weighted by Crippen LogP contribution is 2.52. The van der Waals surface area contributed by atoms with Gasteiger partial charge >= 0.3 is 0 Å². The van der Waals surface area contributed by atoms with E-state index < -0.39 is 0 Å². The van der Waals surface area contributed by atoms with E-state index in [2.05, 4.69) is 64.1 Å². The molecule has 2 atom stereocenters. The Labute approximate surface area is 115 Å². The summed E-state index contributed by atoms with van der Waals surface area (Å²) in [5.74, 6) is 0. The molecule has 0 aliphatic carbocycles. The minimum absolute atomic E-state index is 0.238. The van der Waals surface area contributed by atoms with Crippen LogP contribution in [0.4, 0.5) is 0 Å². The van der Waals surface area contributed by atoms with Crippen molar-refractivity contribution >= 4 is 0 Å². The Kier molecular flexibility index (Phi) is 2.94. The van der Waals surface area contributed by atoms with Crippen LogP contribution in [0.2, 0.25) is 0 Å². The molecular formula is C18H20O. The lowest BCUT2D eigenvalue weighted by Crippen LogP contribution is -1.92. The van der Waals surface area contributed by atoms with E-state index in [1.165, 1.54) is 33.4 Å². The first-order valence-corrected chi connectivity index (χ1v) is 6.86. The number of epoxide rings is 1. The summed E-state index contributed by atoms with van der Waals surface area (Å²) in [6.45, 7) is 8.60. The highest BCUT2D eigenvalue weighted by molar-refractivity contribution is 5.40. The smallest absolute Gasteiger partial charge is 0.114 e. The first-order valence-electron chi connectivity index (χ1n) is 6.86. The summed E-state index contributed by atoms with van der Waals surface area (Å²) in [7, 11) is 0. The summed E-state index contributed by atoms with van der Waals surface area (Å²) < 4.78 is 5.93. The standard InChI is InChI=1S/C18H20O/c1-11-5-7-15(13(3)9-11)17-18(19-17)16-8-6-12(2)10-14(16)4/h5-10,17-18H,1-4H3. The molecule has 1 fully saturated rings. The van der Waals surface area contributed by atoms with E-state index in [4.69, 9.17) is 4.74 Å². The molecule has 0 radical (unpaired) electrons. The Bertz CT molecular complexity index is 572. The van der Waals surface area contributed by atoms with Gasteiger partial charge in [-0.15, -0.1) is 0 Å². The van der Waals surface area contributed by atoms with Crippen molar-refractivity contribution in [2.75, 3.05) is 0 Å². The van der Waals surface area contributed by atoms with E-state index in [1.807, 2.05) is 0 Å². The topological polar surface area (TPSA) is 12.5 Å². The molecular weight excluding hydrogens is 232 g/mol. The zero-order valence-electron chi connectivity index (χ0n) is 12.0. The second-order valence-corrected chi connectivity index (χ2v) is 5.70. The van der Waals surface area contributed by atoms with Crippen LogP contribution in [-0.2, 0) is 4.74 Å². The maximum Gasteiger partial charge on any atom is 0.114 e. The predicted octanol–water partition coefficient (Wildman–Crippen LogP) is 4.73. The van der Waals surface area contributed by atoms with Crippen molar-refractivity contribution in [2.45, 2.75) is 39.9 Å². The van der Waals surface area contributed by atoms with Crippen LogP contribution in [0.15, 0.2) is 36.4 Å². The Morgan fingerprint density at radius 1 is 0.684 bits per heavy atom. The molecule has 0 bridgehead atoms. The number of hydrogen-bond donors (Lipinski definition) is 0. The SMILES string of the molecule is Cc1ccc(C2OC2c2ccc(C)cc2C)c(C)c1. The molecule has 0 amide bonds. The summed E-state index contributed by atoms with van der Waals surface area (Å²) in [4.78, 5) is 0. The quantitative estimate of drug-likeness (QED) is 0.704. The third kappa shape index (κ3) is 2.31. The van der Waals surface area contributed by atoms with Crippen LogP contribution < -0.4 is 0 Å². The summed E-state index contributed by atoms with van der Waals surface area (Å²) in [5, 5.41) is 0. The molecule has 0 aromatic heterocycles. The van der Waals surface area contributed by atoms with Gasteiger partial charge in [0.05, 0.1) is 0 Å². The number of aryl methyl sites for hydroxylation is 4. The van der Waals surface area contributed by atoms with E-state index in [-0.39, 0.29) is 12.2 Å². The fraction of sp³-hybridized carbons (Fsp3) is 0.333. The molecule has 19 heavy (non-hydrogen) atoms. The fourth-order valence-corrected chi connectivity index (χ4v) is 2.88. The maximum absolute atomic E-state index is 5.93. The summed E-state index contributed by atoms with van der Waals surface area (Å²) in [5.41, 5.74) is 7.94. The molecule has 1 heterocycles. The minimum atomic E-state index is 0.238. The van der Waals surface area contributed by atoms with Crippen molar-refractivity contribution in [3.8, 4) is 0 Å². The van der Waals surface area contributed by atoms with Crippen LogP contribution in [0, 0.1) is 27.7 Å². The first-order chi connectivity index (χ1) is 9.06. The van der Waals surface area contributed by atoms with Gasteiger partial charge in [0, 0.05) is 0 Å². The Hall–Kier alpha value is -1.60. The van der Waals surface area contributed by atoms with Gasteiger partial charge in [-0.1, -0.05) is 47.5 Å². The molecule has 1 heteroatoms. The molecule has 2 aromatic rings. The lowest BCUT2D eigenvalue weighted by atomic mass is 9.96. The molecule has 2 unspecified atom stereocenters. The second kappa shape index (κ2) is 4.50. The van der Waals surface area contributed by atoms with Gasteiger partial charge in [-0.2, -0.15) is 0 Å². The van der Waals surface area contributed by atoms with Crippen molar-refractivity contribution in [1.82, 2.24) is 0 Å². The van der Waals surface area contributed by atoms with E-state index in [0.717, 1.165) is 0 Å². The molecule has 3 rings (SSSR count). The van der Waals surface area contributed by atoms with Crippen molar-refractivity contribution in [2.24, 2.45) is 0 Å². The molecule has 0 spiro atoms. The third-order valence-corrected chi connectivity index (χ3v) is 3.96. The van der Waals surface area contributed by atoms with Gasteiger partial charge in [-0.3, -0.25) is 0 Å². The molecule has 0 saturated carbocycles. The first kappa shape index (κ1) is 12.4. The Balaban J connectivity index is 1.88. The van der Waals surface area contributed by atoms with Crippen LogP contribution in [0.3, 0.4) is 0 Å². The molecule has 98 valence electrons. The van der Waals surface area contributed by atoms with E-state index in [1.54, 1.807) is 0 Å². The summed E-state index contributed by atoms with van der Waals surface area (Å²) in [6, 6.07) is 13.2. The minimum Gasteiger partial charge on any atom is -0.359 e. The Morgan fingerprint density at radius 2 is 1.11 bits per heavy atom. The average molecular weight is 252 g/mol. The van der Waals surface area contributed by atoms with Crippen molar-refractivity contribution < 1.29 is 4.74 Å². The maximum atomic E-state index is 5.93. The van der Waals surface area contributed by atoms with Gasteiger partial charge in [0.15, 0.2) is 0 Å². The molecule has 1 aliphatic heterocycles. The van der Waals surface area contributed by atoms with Gasteiger partial charge in [0.1, 0.15) is 12.2 Å². The average Bonchev–Trinajstić information content (AvgIpc) is 3.08. The zero-order chi connectivity index (χ0) is 13.6. The second-order valence-electron chi connectivity index (χ2n) is 5.70. The lowest BCUT2D eigenvalue weighted by molar-refractivity contribution is 0.377. The normalized spacial score (nSPS) is 21.5. The summed E-state index contributed by atoms with van der Waals surface area (Å²) in [6.07, 6.45) is 0.476. The third-order valence-electron chi connectivity index (χ3n) is 3.96. The molecule has 1 saturated heterocycles. The molecule has 2 aromatic carbocycles. The Morgan fingerprint density at radius 3 is 1.47 bits per heavy atom. The van der Waals surface area contributed by atoms with Crippen molar-refractivity contribution in [3.05, 3.63) is 69.8 Å². The number of ether oxygens (including phenoxy) is 1. The van der Waals surface area contributed by atoms with Gasteiger partial charge in [-0.05, 0) is 49.9 Å². The van der Waals surface area contributed by atoms with Crippen LogP contribution in [0.5, 0.6) is 0 Å². The van der Waals surface area contributed by atoms with E-state index >= 15 is 0 Å². The van der Waals surface area contributed by atoms with Crippen LogP contribution >= 0.6 is 0 Å². The monoisotopic (exact) mass is 252 g/mol. The number of hydrogen-bond acceptors (Lipinski definition) is 1. The van der Waals surface area contributed by atoms with Gasteiger partial charge in [0.25, 0.3) is 0 Å². The van der Waals surface area contributed by atoms with Crippen LogP contribution in [-0.4, -0.2) is 0 Å². The number of rotatable bonds is 2. The van der Waals surface area contributed by atoms with Crippen LogP contribution in [0.1, 0.15) is 45.6 Å². The van der Waals surface area contributed by atoms with Gasteiger partial charge in [0.2, 0.25) is 0 Å². The van der Waals surface area contributed by atoms with Crippen LogP contribution in [0.25, 0.3) is 0 Å². The van der Waals surface area contributed by atoms with Crippen molar-refractivity contribution in [3.63, 3.8) is 0 Å². The fourth-order valence-electron chi connectivity index (χ4n) is 2.88. The summed E-state index contributed by atoms with van der Waals surface area (Å²) >= 11 is 0. The largest absolute Gasteiger partial charge is 0.359 e.